The van der Waals surface area contributed by atoms with Gasteiger partial charge in [0.1, 0.15) is 0 Å². The van der Waals surface area contributed by atoms with Gasteiger partial charge in [-0.05, 0) is 23.3 Å². The van der Waals surface area contributed by atoms with Gasteiger partial charge in [-0.1, -0.05) is 0 Å². The van der Waals surface area contributed by atoms with Crippen molar-refractivity contribution >= 4 is 0 Å². The van der Waals surface area contributed by atoms with Crippen LogP contribution in [0.4, 0.5) is 13.2 Å². The summed E-state index contributed by atoms with van der Waals surface area (Å²) < 4.78 is 38.8. The average Bonchev–Trinajstić information content (AvgIpc) is 2.35. The van der Waals surface area contributed by atoms with Crippen molar-refractivity contribution in [3.8, 4) is 11.1 Å². The number of rotatable bonds is 2. The summed E-state index contributed by atoms with van der Waals surface area (Å²) in [6.07, 6.45) is 2.68. The third-order valence-electron chi connectivity index (χ3n) is 2.41. The van der Waals surface area contributed by atoms with E-state index in [4.69, 9.17) is 0 Å². The maximum atomic E-state index is 13.0. The van der Waals surface area contributed by atoms with Crippen LogP contribution in [0.2, 0.25) is 0 Å². The van der Waals surface area contributed by atoms with E-state index in [1.54, 1.807) is 24.3 Å². The van der Waals surface area contributed by atoms with Gasteiger partial charge in [-0.3, -0.25) is 0 Å². The van der Waals surface area contributed by atoms with E-state index in [-0.39, 0.29) is 38.3 Å². The molecule has 2 rings (SSSR count). The molecule has 0 bridgehead atoms. The summed E-state index contributed by atoms with van der Waals surface area (Å²) in [4.78, 5) is 0. The number of hydrogen-bond acceptors (Lipinski definition) is 0. The normalized spacial score (nSPS) is 9.72. The van der Waals surface area contributed by atoms with Crippen LogP contribution >= 0.6 is 0 Å². The predicted octanol–water partition coefficient (Wildman–Crippen LogP) is 4.11. The molecule has 4 heteroatoms. The first kappa shape index (κ1) is 15.1. The Morgan fingerprint density at radius 3 is 1.78 bits per heavy atom. The SMILES string of the molecule is C=[C-]c1ccc(-c2cc(F)c(F)c(F)c2)cc1.[Y]. The van der Waals surface area contributed by atoms with Crippen LogP contribution < -0.4 is 0 Å². The van der Waals surface area contributed by atoms with Crippen LogP contribution in [-0.4, -0.2) is 0 Å². The van der Waals surface area contributed by atoms with Crippen LogP contribution in [-0.2, 0) is 32.7 Å². The van der Waals surface area contributed by atoms with E-state index in [9.17, 15) is 13.2 Å². The van der Waals surface area contributed by atoms with Gasteiger partial charge in [-0.15, -0.1) is 12.1 Å². The van der Waals surface area contributed by atoms with Crippen molar-refractivity contribution in [3.63, 3.8) is 0 Å². The molecule has 89 valence electrons. The maximum Gasteiger partial charge on any atom is 0.194 e. The second kappa shape index (κ2) is 6.30. The molecule has 0 amide bonds. The molecular weight excluding hydrogens is 314 g/mol. The molecule has 0 fully saturated rings. The number of hydrogen-bond donors (Lipinski definition) is 0. The molecule has 0 spiro atoms. The summed E-state index contributed by atoms with van der Waals surface area (Å²) in [5.41, 5.74) is 1.66. The van der Waals surface area contributed by atoms with Crippen molar-refractivity contribution in [2.75, 3.05) is 0 Å². The standard InChI is InChI=1S/C14H8F3.Y/c1-2-9-3-5-10(6-4-9)11-7-12(15)14(17)13(16)8-11;/h3-8H,1H2;/q-1;. The van der Waals surface area contributed by atoms with E-state index >= 15 is 0 Å². The second-order valence-corrected chi connectivity index (χ2v) is 3.51. The van der Waals surface area contributed by atoms with Crippen LogP contribution in [0.25, 0.3) is 11.1 Å². The van der Waals surface area contributed by atoms with Gasteiger partial charge in [0.15, 0.2) is 17.5 Å². The predicted molar refractivity (Wildman–Crippen MR) is 59.7 cm³/mol. The molecule has 0 heterocycles. The fourth-order valence-corrected chi connectivity index (χ4v) is 1.50. The van der Waals surface area contributed by atoms with Gasteiger partial charge in [0.25, 0.3) is 0 Å². The molecular formula is C14H8F3Y-. The van der Waals surface area contributed by atoms with Gasteiger partial charge < -0.3 is 0 Å². The van der Waals surface area contributed by atoms with E-state index in [1.165, 1.54) is 0 Å². The fourth-order valence-electron chi connectivity index (χ4n) is 1.50. The van der Waals surface area contributed by atoms with E-state index in [1.807, 2.05) is 0 Å². The Morgan fingerprint density at radius 2 is 1.33 bits per heavy atom. The molecule has 2 aromatic carbocycles. The van der Waals surface area contributed by atoms with Gasteiger partial charge in [-0.25, -0.2) is 13.2 Å². The van der Waals surface area contributed by atoms with E-state index in [0.29, 0.717) is 5.56 Å². The topological polar surface area (TPSA) is 0 Å². The third kappa shape index (κ3) is 3.09. The Kier molecular flexibility index (Phi) is 5.30. The molecule has 1 radical (unpaired) electrons. The Balaban J connectivity index is 0.00000162. The van der Waals surface area contributed by atoms with Gasteiger partial charge in [0.2, 0.25) is 0 Å². The first-order valence-electron chi connectivity index (χ1n) is 4.90. The van der Waals surface area contributed by atoms with Crippen LogP contribution in [0.5, 0.6) is 0 Å². The molecule has 0 N–H and O–H groups in total. The van der Waals surface area contributed by atoms with Crippen LogP contribution in [0, 0.1) is 23.5 Å². The molecule has 18 heavy (non-hydrogen) atoms. The van der Waals surface area contributed by atoms with Crippen molar-refractivity contribution in [2.24, 2.45) is 0 Å². The first-order valence-corrected chi connectivity index (χ1v) is 4.90. The molecule has 2 aromatic rings. The second-order valence-electron chi connectivity index (χ2n) is 3.51. The summed E-state index contributed by atoms with van der Waals surface area (Å²) in [6, 6.07) is 8.68. The molecule has 0 aliphatic heterocycles. The Morgan fingerprint density at radius 1 is 0.833 bits per heavy atom. The smallest absolute Gasteiger partial charge is 0.194 e. The Labute approximate surface area is 128 Å². The molecule has 0 atom stereocenters. The zero-order valence-corrected chi connectivity index (χ0v) is 12.2. The molecule has 0 saturated heterocycles. The van der Waals surface area contributed by atoms with Crippen LogP contribution in [0.15, 0.2) is 43.0 Å². The zero-order chi connectivity index (χ0) is 12.4. The van der Waals surface area contributed by atoms with Crippen molar-refractivity contribution in [1.29, 1.82) is 0 Å². The van der Waals surface area contributed by atoms with E-state index < -0.39 is 17.5 Å². The monoisotopic (exact) mass is 322 g/mol. The quantitative estimate of drug-likeness (QED) is 0.577. The molecule has 0 saturated carbocycles. The summed E-state index contributed by atoms with van der Waals surface area (Å²) >= 11 is 0. The first-order chi connectivity index (χ1) is 8.11. The van der Waals surface area contributed by atoms with E-state index in [0.717, 1.165) is 17.7 Å². The van der Waals surface area contributed by atoms with Gasteiger partial charge in [0, 0.05) is 32.7 Å². The van der Waals surface area contributed by atoms with Crippen molar-refractivity contribution in [1.82, 2.24) is 0 Å². The molecule has 0 aliphatic carbocycles. The molecule has 0 aromatic heterocycles. The average molecular weight is 322 g/mol. The summed E-state index contributed by atoms with van der Waals surface area (Å²) in [5, 5.41) is 0. The van der Waals surface area contributed by atoms with Crippen LogP contribution in [0.1, 0.15) is 5.56 Å². The zero-order valence-electron chi connectivity index (χ0n) is 9.38. The minimum atomic E-state index is -1.45. The van der Waals surface area contributed by atoms with Gasteiger partial charge in [-0.2, -0.15) is 30.4 Å². The number of benzene rings is 2. The molecule has 0 aliphatic rings. The Hall–Kier alpha value is -0.926. The minimum Gasteiger partial charge on any atom is -0.204 e. The minimum absolute atomic E-state index is 0. The van der Waals surface area contributed by atoms with Crippen molar-refractivity contribution in [2.45, 2.75) is 0 Å². The fraction of sp³-hybridized carbons (Fsp3) is 0. The van der Waals surface area contributed by atoms with E-state index in [2.05, 4.69) is 12.7 Å². The van der Waals surface area contributed by atoms with Gasteiger partial charge in [0.05, 0.1) is 0 Å². The molecule has 0 nitrogen and oxygen atoms in total. The summed E-state index contributed by atoms with van der Waals surface area (Å²) in [5.74, 6) is -3.84. The van der Waals surface area contributed by atoms with Crippen LogP contribution in [0.3, 0.4) is 0 Å². The third-order valence-corrected chi connectivity index (χ3v) is 2.41. The molecule has 0 unspecified atom stereocenters. The number of halogens is 3. The Bertz CT molecular complexity index is 539. The maximum absolute atomic E-state index is 13.0. The van der Waals surface area contributed by atoms with Crippen molar-refractivity contribution in [3.05, 3.63) is 72.1 Å². The summed E-state index contributed by atoms with van der Waals surface area (Å²) in [7, 11) is 0. The summed E-state index contributed by atoms with van der Waals surface area (Å²) in [6.45, 7) is 3.48. The van der Waals surface area contributed by atoms with Crippen molar-refractivity contribution < 1.29 is 45.9 Å². The van der Waals surface area contributed by atoms with Gasteiger partial charge >= 0.3 is 0 Å². The largest absolute Gasteiger partial charge is 0.204 e.